The van der Waals surface area contributed by atoms with E-state index >= 15 is 0 Å². The third kappa shape index (κ3) is 3.07. The predicted molar refractivity (Wildman–Crippen MR) is 68.0 cm³/mol. The molecule has 1 heterocycles. The Morgan fingerprint density at radius 2 is 2.14 bits per heavy atom. The van der Waals surface area contributed by atoms with Gasteiger partial charge in [-0.2, -0.15) is 0 Å². The summed E-state index contributed by atoms with van der Waals surface area (Å²) in [5.41, 5.74) is 8.36. The van der Waals surface area contributed by atoms with Gasteiger partial charge in [-0.3, -0.25) is 3.97 Å². The summed E-state index contributed by atoms with van der Waals surface area (Å²) < 4.78 is 2.60. The summed E-state index contributed by atoms with van der Waals surface area (Å²) in [6.45, 7) is 0. The zero-order valence-corrected chi connectivity index (χ0v) is 8.96. The molecular formula is C9H13KN2S2. The van der Waals surface area contributed by atoms with Gasteiger partial charge in [0.15, 0.2) is 4.32 Å². The van der Waals surface area contributed by atoms with Crippen molar-refractivity contribution in [1.82, 2.24) is 3.97 Å². The van der Waals surface area contributed by atoms with Gasteiger partial charge in [-0.25, -0.2) is 0 Å². The van der Waals surface area contributed by atoms with E-state index in [0.29, 0.717) is 4.32 Å². The number of rotatable bonds is 1. The molecule has 0 bridgehead atoms. The molecule has 2 N–H and O–H groups in total. The van der Waals surface area contributed by atoms with Gasteiger partial charge in [-0.05, 0) is 37.3 Å². The van der Waals surface area contributed by atoms with E-state index in [2.05, 4.69) is 16.2 Å². The van der Waals surface area contributed by atoms with E-state index in [9.17, 15) is 0 Å². The zero-order chi connectivity index (χ0) is 9.26. The second-order valence-corrected chi connectivity index (χ2v) is 4.94. The minimum atomic E-state index is 0. The van der Waals surface area contributed by atoms with E-state index in [4.69, 9.17) is 18.0 Å². The molecule has 1 aromatic heterocycles. The van der Waals surface area contributed by atoms with Crippen LogP contribution >= 0.6 is 24.2 Å². The van der Waals surface area contributed by atoms with E-state index in [1.54, 1.807) is 0 Å². The second kappa shape index (κ2) is 6.03. The summed E-state index contributed by atoms with van der Waals surface area (Å²) in [6, 6.07) is 2.18. The summed E-state index contributed by atoms with van der Waals surface area (Å²) in [5, 5.41) is 0. The summed E-state index contributed by atoms with van der Waals surface area (Å²) in [6.07, 6.45) is 7.04. The Morgan fingerprint density at radius 3 is 2.86 bits per heavy atom. The normalized spacial score (nSPS) is 14.3. The van der Waals surface area contributed by atoms with Crippen LogP contribution in [0.25, 0.3) is 0 Å². The third-order valence-electron chi connectivity index (χ3n) is 2.35. The summed E-state index contributed by atoms with van der Waals surface area (Å²) in [4.78, 5) is 0. The van der Waals surface area contributed by atoms with Crippen LogP contribution in [-0.2, 0) is 12.8 Å². The number of nitrogens with zero attached hydrogens (tertiary/aromatic N) is 1. The maximum absolute atomic E-state index is 5.49. The Balaban J connectivity index is 0.000000980. The molecule has 1 aromatic rings. The van der Waals surface area contributed by atoms with Gasteiger partial charge >= 0.3 is 51.4 Å². The van der Waals surface area contributed by atoms with Crippen LogP contribution in [0.1, 0.15) is 24.1 Å². The fraction of sp³-hybridized carbons (Fsp3) is 0.444. The van der Waals surface area contributed by atoms with E-state index < -0.39 is 0 Å². The van der Waals surface area contributed by atoms with Crippen LogP contribution in [0.3, 0.4) is 0 Å². The summed E-state index contributed by atoms with van der Waals surface area (Å²) in [7, 11) is 0. The van der Waals surface area contributed by atoms with Gasteiger partial charge in [0.25, 0.3) is 0 Å². The summed E-state index contributed by atoms with van der Waals surface area (Å²) >= 11 is 6.31. The van der Waals surface area contributed by atoms with Crippen LogP contribution in [0.4, 0.5) is 0 Å². The monoisotopic (exact) mass is 252 g/mol. The van der Waals surface area contributed by atoms with Crippen LogP contribution in [0.5, 0.6) is 0 Å². The number of thiocarbonyl (C=S) groups is 1. The maximum atomic E-state index is 5.49. The molecule has 0 atom stereocenters. The molecule has 5 heteroatoms. The number of nitrogens with two attached hydrogens (primary N) is 1. The molecule has 0 aliphatic heterocycles. The second-order valence-electron chi connectivity index (χ2n) is 3.23. The number of aromatic nitrogens is 1. The number of aryl methyl sites for hydroxylation is 1. The van der Waals surface area contributed by atoms with Gasteiger partial charge in [0.1, 0.15) is 0 Å². The molecule has 0 spiro atoms. The summed E-state index contributed by atoms with van der Waals surface area (Å²) in [5.74, 6) is 0. The van der Waals surface area contributed by atoms with Crippen LogP contribution in [0.15, 0.2) is 12.3 Å². The Morgan fingerprint density at radius 1 is 1.43 bits per heavy atom. The number of hydrogen-bond donors (Lipinski definition) is 1. The Bertz CT molecular complexity index is 336. The molecule has 1 aliphatic carbocycles. The molecule has 1 aliphatic rings. The van der Waals surface area contributed by atoms with Crippen molar-refractivity contribution < 1.29 is 0 Å². The van der Waals surface area contributed by atoms with Gasteiger partial charge in [0.05, 0.1) is 0 Å². The van der Waals surface area contributed by atoms with E-state index in [0.717, 1.165) is 6.42 Å². The first kappa shape index (κ1) is 13.2. The fourth-order valence-corrected chi connectivity index (χ4v) is 2.65. The quantitative estimate of drug-likeness (QED) is 0.606. The van der Waals surface area contributed by atoms with Crippen molar-refractivity contribution in [2.75, 3.05) is 0 Å². The van der Waals surface area contributed by atoms with E-state index in [1.165, 1.54) is 42.5 Å². The van der Waals surface area contributed by atoms with Crippen LogP contribution in [0.2, 0.25) is 0 Å². The molecule has 72 valence electrons. The van der Waals surface area contributed by atoms with Gasteiger partial charge < -0.3 is 5.73 Å². The van der Waals surface area contributed by atoms with Crippen LogP contribution in [0, 0.1) is 0 Å². The first-order valence-corrected chi connectivity index (χ1v) is 5.62. The molecule has 0 saturated carbocycles. The van der Waals surface area contributed by atoms with Gasteiger partial charge in [0, 0.05) is 23.8 Å². The first-order valence-electron chi connectivity index (χ1n) is 4.44. The standard InChI is InChI=1S/C9H12N2S2.K.H/c10-9(12)13-11-6-5-7-3-1-2-4-8(7)11;;/h5-6H,1-4H2,(H2,10,12);;. The van der Waals surface area contributed by atoms with Crippen molar-refractivity contribution >= 4 is 79.9 Å². The van der Waals surface area contributed by atoms with Crippen molar-refractivity contribution in [3.63, 3.8) is 0 Å². The van der Waals surface area contributed by atoms with Crippen molar-refractivity contribution in [2.45, 2.75) is 25.7 Å². The first-order chi connectivity index (χ1) is 6.27. The molecule has 14 heavy (non-hydrogen) atoms. The van der Waals surface area contributed by atoms with Gasteiger partial charge in [-0.1, -0.05) is 12.2 Å². The molecule has 0 unspecified atom stereocenters. The minimum absolute atomic E-state index is 0. The molecular weight excluding hydrogens is 239 g/mol. The van der Waals surface area contributed by atoms with Crippen molar-refractivity contribution in [2.24, 2.45) is 5.73 Å². The number of hydrogen-bond acceptors (Lipinski definition) is 2. The Kier molecular flexibility index (Phi) is 5.70. The molecule has 0 fully saturated rings. The van der Waals surface area contributed by atoms with Crippen molar-refractivity contribution in [3.05, 3.63) is 23.5 Å². The molecule has 0 aromatic carbocycles. The van der Waals surface area contributed by atoms with Gasteiger partial charge in [-0.15, -0.1) is 0 Å². The number of fused-ring (bicyclic) bond motifs is 1. The van der Waals surface area contributed by atoms with E-state index in [1.807, 2.05) is 0 Å². The zero-order valence-electron chi connectivity index (χ0n) is 7.32. The molecule has 0 saturated heterocycles. The fourth-order valence-electron chi connectivity index (χ4n) is 1.77. The van der Waals surface area contributed by atoms with Crippen LogP contribution < -0.4 is 5.73 Å². The van der Waals surface area contributed by atoms with Crippen LogP contribution in [-0.4, -0.2) is 59.7 Å². The van der Waals surface area contributed by atoms with Crippen molar-refractivity contribution in [1.29, 1.82) is 0 Å². The Hall–Kier alpha value is 1.16. The molecule has 2 rings (SSSR count). The predicted octanol–water partition coefficient (Wildman–Crippen LogP) is 1.46. The van der Waals surface area contributed by atoms with E-state index in [-0.39, 0.29) is 51.4 Å². The SMILES string of the molecule is NC(=S)Sn1ccc2c1CCCC2.[KH]. The Labute approximate surface area is 137 Å². The third-order valence-corrected chi connectivity index (χ3v) is 3.29. The van der Waals surface area contributed by atoms with Crippen molar-refractivity contribution in [3.8, 4) is 0 Å². The average molecular weight is 252 g/mol. The average Bonchev–Trinajstić information content (AvgIpc) is 2.48. The van der Waals surface area contributed by atoms with Gasteiger partial charge in [0.2, 0.25) is 0 Å². The molecule has 2 nitrogen and oxygen atoms in total. The molecule has 0 radical (unpaired) electrons. The topological polar surface area (TPSA) is 30.9 Å². The molecule has 0 amide bonds.